The molecular formula is C9H19N3O2. The van der Waals surface area contributed by atoms with Crippen LogP contribution >= 0.6 is 0 Å². The number of ether oxygens (including phenoxy) is 1. The van der Waals surface area contributed by atoms with Crippen LogP contribution in [0.3, 0.4) is 0 Å². The quantitative estimate of drug-likeness (QED) is 0.249. The van der Waals surface area contributed by atoms with Crippen LogP contribution in [0.1, 0.15) is 26.2 Å². The molecule has 0 aliphatic carbocycles. The lowest BCUT2D eigenvalue weighted by molar-refractivity contribution is -0.142. The lowest BCUT2D eigenvalue weighted by Gasteiger charge is -2.08. The Morgan fingerprint density at radius 1 is 1.57 bits per heavy atom. The molecule has 4 N–H and O–H groups in total. The summed E-state index contributed by atoms with van der Waals surface area (Å²) in [5.74, 6) is 0.100. The van der Waals surface area contributed by atoms with Gasteiger partial charge in [0.15, 0.2) is 0 Å². The number of amidine groups is 1. The fourth-order valence-electron chi connectivity index (χ4n) is 1.03. The summed E-state index contributed by atoms with van der Waals surface area (Å²) in [7, 11) is 1.34. The van der Waals surface area contributed by atoms with Gasteiger partial charge in [0.2, 0.25) is 0 Å². The Balaban J connectivity index is 3.36. The maximum atomic E-state index is 10.9. The Hall–Kier alpha value is -1.10. The molecule has 0 spiro atoms. The molecule has 0 aliphatic heterocycles. The molecule has 0 saturated heterocycles. The van der Waals surface area contributed by atoms with Gasteiger partial charge in [-0.1, -0.05) is 0 Å². The minimum absolute atomic E-state index is 0.360. The number of carbonyl (C=O) groups excluding carboxylic acids is 1. The van der Waals surface area contributed by atoms with E-state index in [1.165, 1.54) is 7.11 Å². The Bertz CT molecular complexity index is 194. The second-order valence-corrected chi connectivity index (χ2v) is 3.18. The first-order valence-electron chi connectivity index (χ1n) is 4.70. The number of hydrogen-bond donors (Lipinski definition) is 3. The van der Waals surface area contributed by atoms with Crippen LogP contribution in [0.5, 0.6) is 0 Å². The number of carbonyl (C=O) groups is 1. The Morgan fingerprint density at radius 2 is 2.21 bits per heavy atom. The molecule has 0 aromatic heterocycles. The van der Waals surface area contributed by atoms with Crippen molar-refractivity contribution in [1.29, 1.82) is 5.41 Å². The van der Waals surface area contributed by atoms with Crippen LogP contribution in [-0.2, 0) is 9.53 Å². The Kier molecular flexibility index (Phi) is 6.74. The molecule has 5 heteroatoms. The van der Waals surface area contributed by atoms with E-state index >= 15 is 0 Å². The maximum absolute atomic E-state index is 10.9. The van der Waals surface area contributed by atoms with Crippen LogP contribution in [0, 0.1) is 5.41 Å². The summed E-state index contributed by atoms with van der Waals surface area (Å²) in [6, 6.07) is -0.513. The van der Waals surface area contributed by atoms with Gasteiger partial charge in [0, 0.05) is 6.54 Å². The highest BCUT2D eigenvalue weighted by Crippen LogP contribution is 1.99. The average Bonchev–Trinajstić information content (AvgIpc) is 2.15. The molecule has 82 valence electrons. The zero-order valence-electron chi connectivity index (χ0n) is 8.80. The number of unbranched alkanes of at least 4 members (excludes halogenated alkanes) is 1. The van der Waals surface area contributed by atoms with Gasteiger partial charge in [-0.15, -0.1) is 0 Å². The first-order chi connectivity index (χ1) is 6.57. The summed E-state index contributed by atoms with van der Waals surface area (Å²) in [4.78, 5) is 10.9. The van der Waals surface area contributed by atoms with Gasteiger partial charge in [0.25, 0.3) is 0 Å². The Morgan fingerprint density at radius 3 is 2.71 bits per heavy atom. The fraction of sp³-hybridized carbons (Fsp3) is 0.778. The van der Waals surface area contributed by atoms with Crippen molar-refractivity contribution in [1.82, 2.24) is 5.32 Å². The van der Waals surface area contributed by atoms with Crippen LogP contribution in [0.15, 0.2) is 0 Å². The third kappa shape index (κ3) is 6.42. The molecule has 0 rings (SSSR count). The largest absolute Gasteiger partial charge is 0.468 e. The summed E-state index contributed by atoms with van der Waals surface area (Å²) >= 11 is 0. The van der Waals surface area contributed by atoms with Gasteiger partial charge in [-0.05, 0) is 26.2 Å². The van der Waals surface area contributed by atoms with E-state index in [0.29, 0.717) is 12.3 Å². The first-order valence-corrected chi connectivity index (χ1v) is 4.70. The third-order valence-electron chi connectivity index (χ3n) is 1.84. The van der Waals surface area contributed by atoms with Crippen LogP contribution in [0.25, 0.3) is 0 Å². The van der Waals surface area contributed by atoms with Gasteiger partial charge in [-0.25, -0.2) is 0 Å². The lowest BCUT2D eigenvalue weighted by Crippen LogP contribution is -2.31. The average molecular weight is 201 g/mol. The predicted octanol–water partition coefficient (Wildman–Crippen LogP) is 0.244. The zero-order chi connectivity index (χ0) is 11.0. The van der Waals surface area contributed by atoms with Crippen LogP contribution in [0.2, 0.25) is 0 Å². The van der Waals surface area contributed by atoms with E-state index in [-0.39, 0.29) is 5.97 Å². The van der Waals surface area contributed by atoms with Crippen LogP contribution in [-0.4, -0.2) is 31.5 Å². The Labute approximate surface area is 84.5 Å². The highest BCUT2D eigenvalue weighted by molar-refractivity contribution is 5.76. The molecule has 14 heavy (non-hydrogen) atoms. The molecule has 0 aromatic rings. The minimum Gasteiger partial charge on any atom is -0.468 e. The molecule has 0 saturated carbocycles. The van der Waals surface area contributed by atoms with Crippen molar-refractivity contribution in [3.63, 3.8) is 0 Å². The summed E-state index contributed by atoms with van der Waals surface area (Å²) in [5.41, 5.74) is 5.53. The summed E-state index contributed by atoms with van der Waals surface area (Å²) < 4.78 is 4.49. The molecule has 0 heterocycles. The number of esters is 1. The van der Waals surface area contributed by atoms with Gasteiger partial charge in [0.1, 0.15) is 6.04 Å². The number of nitrogens with one attached hydrogen (secondary N) is 2. The van der Waals surface area contributed by atoms with Crippen molar-refractivity contribution in [3.05, 3.63) is 0 Å². The molecule has 5 nitrogen and oxygen atoms in total. The van der Waals surface area contributed by atoms with E-state index in [9.17, 15) is 4.79 Å². The van der Waals surface area contributed by atoms with Crippen LogP contribution < -0.4 is 11.1 Å². The molecule has 1 atom stereocenters. The topological polar surface area (TPSA) is 88.2 Å². The van der Waals surface area contributed by atoms with Crippen LogP contribution in [0.4, 0.5) is 0 Å². The van der Waals surface area contributed by atoms with E-state index in [4.69, 9.17) is 11.1 Å². The molecule has 0 fully saturated rings. The van der Waals surface area contributed by atoms with Gasteiger partial charge >= 0.3 is 5.97 Å². The van der Waals surface area contributed by atoms with Crippen molar-refractivity contribution in [2.75, 3.05) is 13.7 Å². The molecule has 0 bridgehead atoms. The summed E-state index contributed by atoms with van der Waals surface area (Å²) in [5, 5.41) is 9.99. The van der Waals surface area contributed by atoms with Crippen molar-refractivity contribution in [2.24, 2.45) is 5.73 Å². The van der Waals surface area contributed by atoms with Gasteiger partial charge < -0.3 is 15.8 Å². The molecule has 0 amide bonds. The number of rotatable bonds is 6. The van der Waals surface area contributed by atoms with Crippen molar-refractivity contribution < 1.29 is 9.53 Å². The normalized spacial score (nSPS) is 11.9. The minimum atomic E-state index is -0.513. The molecular weight excluding hydrogens is 182 g/mol. The summed E-state index contributed by atoms with van der Waals surface area (Å²) in [6.45, 7) is 2.45. The van der Waals surface area contributed by atoms with Gasteiger partial charge in [-0.2, -0.15) is 0 Å². The molecule has 0 unspecified atom stereocenters. The third-order valence-corrected chi connectivity index (χ3v) is 1.84. The standard InChI is InChI=1S/C9H19N3O2/c1-7(10)12-6-4-3-5-8(11)9(13)14-2/h8H,3-6,11H2,1-2H3,(H2,10,12)/t8-/m0/s1. The van der Waals surface area contributed by atoms with E-state index in [1.54, 1.807) is 6.92 Å². The SMILES string of the molecule is COC(=O)[C@@H](N)CCCCNC(C)=N. The van der Waals surface area contributed by atoms with Crippen molar-refractivity contribution >= 4 is 11.8 Å². The smallest absolute Gasteiger partial charge is 0.322 e. The van der Waals surface area contributed by atoms with E-state index in [0.717, 1.165) is 19.4 Å². The zero-order valence-corrected chi connectivity index (χ0v) is 8.80. The van der Waals surface area contributed by atoms with Crippen molar-refractivity contribution in [3.8, 4) is 0 Å². The number of hydrogen-bond acceptors (Lipinski definition) is 4. The second-order valence-electron chi connectivity index (χ2n) is 3.18. The number of nitrogens with two attached hydrogens (primary N) is 1. The van der Waals surface area contributed by atoms with Crippen molar-refractivity contribution in [2.45, 2.75) is 32.2 Å². The van der Waals surface area contributed by atoms with E-state index in [2.05, 4.69) is 10.1 Å². The highest BCUT2D eigenvalue weighted by atomic mass is 16.5. The summed E-state index contributed by atoms with van der Waals surface area (Å²) in [6.07, 6.45) is 2.39. The van der Waals surface area contributed by atoms with E-state index < -0.39 is 6.04 Å². The molecule has 0 aromatic carbocycles. The maximum Gasteiger partial charge on any atom is 0.322 e. The number of methoxy groups -OCH3 is 1. The monoisotopic (exact) mass is 201 g/mol. The highest BCUT2D eigenvalue weighted by Gasteiger charge is 2.12. The fourth-order valence-corrected chi connectivity index (χ4v) is 1.03. The predicted molar refractivity (Wildman–Crippen MR) is 55.2 cm³/mol. The first kappa shape index (κ1) is 12.9. The lowest BCUT2D eigenvalue weighted by atomic mass is 10.1. The molecule has 0 radical (unpaired) electrons. The van der Waals surface area contributed by atoms with Gasteiger partial charge in [0.05, 0.1) is 12.9 Å². The molecule has 0 aliphatic rings. The second kappa shape index (κ2) is 7.32. The van der Waals surface area contributed by atoms with Gasteiger partial charge in [-0.3, -0.25) is 10.2 Å². The van der Waals surface area contributed by atoms with E-state index in [1.807, 2.05) is 0 Å².